The summed E-state index contributed by atoms with van der Waals surface area (Å²) in [5, 5.41) is 11.1. The number of carbonyl (C=O) groups excluding carboxylic acids is 2. The number of carbonyl (C=O) groups is 2. The van der Waals surface area contributed by atoms with Gasteiger partial charge in [-0.1, -0.05) is 48.1 Å². The molecule has 3 aromatic rings. The molecule has 42 heavy (non-hydrogen) atoms. The van der Waals surface area contributed by atoms with Gasteiger partial charge in [0.05, 0.1) is 11.1 Å². The number of likely N-dealkylation sites (tertiary alicyclic amines) is 1. The van der Waals surface area contributed by atoms with Crippen LogP contribution in [0.25, 0.3) is 21.1 Å². The molecule has 226 valence electrons. The Morgan fingerprint density at radius 3 is 2.48 bits per heavy atom. The molecule has 1 saturated heterocycles. The summed E-state index contributed by atoms with van der Waals surface area (Å²) in [6.45, 7) is 8.18. The molecule has 1 fully saturated rings. The highest BCUT2D eigenvalue weighted by molar-refractivity contribution is 7.17. The van der Waals surface area contributed by atoms with Gasteiger partial charge in [-0.05, 0) is 94.4 Å². The Kier molecular flexibility index (Phi) is 10.6. The molecule has 7 nitrogen and oxygen atoms in total. The lowest BCUT2D eigenvalue weighted by Gasteiger charge is -2.33. The fourth-order valence-electron chi connectivity index (χ4n) is 5.14. The molecule has 0 saturated carbocycles. The molecule has 12 heteroatoms. The smallest absolute Gasteiger partial charge is 0.489 e. The molecular formula is C30H33ClF3N3O4S. The van der Waals surface area contributed by atoms with E-state index in [9.17, 15) is 22.8 Å². The maximum Gasteiger partial charge on any atom is 0.491 e. The number of hydrogen-bond donors (Lipinski definition) is 0. The van der Waals surface area contributed by atoms with E-state index in [1.165, 1.54) is 22.5 Å². The van der Waals surface area contributed by atoms with Crippen LogP contribution in [0.3, 0.4) is 0 Å². The average molecular weight is 624 g/mol. The number of benzene rings is 2. The first-order valence-corrected chi connectivity index (χ1v) is 15.1. The first-order valence-electron chi connectivity index (χ1n) is 13.9. The topological polar surface area (TPSA) is 81.6 Å². The van der Waals surface area contributed by atoms with E-state index in [-0.39, 0.29) is 12.5 Å². The molecule has 0 bridgehead atoms. The first-order chi connectivity index (χ1) is 20.0. The summed E-state index contributed by atoms with van der Waals surface area (Å²) < 4.78 is 46.4. The number of piperidine rings is 1. The third-order valence-corrected chi connectivity index (χ3v) is 8.38. The highest BCUT2D eigenvalue weighted by Crippen LogP contribution is 2.39. The number of alkyl halides is 3. The summed E-state index contributed by atoms with van der Waals surface area (Å²) in [4.78, 5) is 24.5. The van der Waals surface area contributed by atoms with Crippen LogP contribution in [0.4, 0.5) is 13.2 Å². The van der Waals surface area contributed by atoms with Gasteiger partial charge in [0.1, 0.15) is 15.8 Å². The second kappa shape index (κ2) is 14.0. The van der Waals surface area contributed by atoms with Crippen LogP contribution < -0.4 is 4.74 Å². The van der Waals surface area contributed by atoms with E-state index in [4.69, 9.17) is 16.3 Å². The number of esters is 2. The molecule has 0 radical (unpaired) electrons. The van der Waals surface area contributed by atoms with E-state index in [0.717, 1.165) is 53.5 Å². The zero-order valence-corrected chi connectivity index (χ0v) is 25.2. The van der Waals surface area contributed by atoms with Gasteiger partial charge in [0.2, 0.25) is 0 Å². The number of ether oxygens (including phenoxy) is 2. The second-order valence-corrected chi connectivity index (χ2v) is 11.8. The van der Waals surface area contributed by atoms with E-state index in [2.05, 4.69) is 45.0 Å². The van der Waals surface area contributed by atoms with Gasteiger partial charge in [0.25, 0.3) is 0 Å². The van der Waals surface area contributed by atoms with Crippen LogP contribution in [0.2, 0.25) is 5.02 Å². The Morgan fingerprint density at radius 2 is 1.83 bits per heavy atom. The van der Waals surface area contributed by atoms with E-state index < -0.39 is 18.1 Å². The third-order valence-electron chi connectivity index (χ3n) is 7.08. The molecule has 0 unspecified atom stereocenters. The van der Waals surface area contributed by atoms with Crippen LogP contribution >= 0.6 is 22.9 Å². The van der Waals surface area contributed by atoms with Gasteiger partial charge in [-0.2, -0.15) is 13.2 Å². The van der Waals surface area contributed by atoms with Crippen LogP contribution in [-0.2, 0) is 20.7 Å². The summed E-state index contributed by atoms with van der Waals surface area (Å²) in [5.41, 5.74) is 4.48. The van der Waals surface area contributed by atoms with Gasteiger partial charge in [-0.15, -0.1) is 10.2 Å². The van der Waals surface area contributed by atoms with Crippen molar-refractivity contribution in [1.82, 2.24) is 15.1 Å². The molecule has 4 rings (SSSR count). The highest BCUT2D eigenvalue weighted by atomic mass is 35.5. The minimum atomic E-state index is -5.17. The van der Waals surface area contributed by atoms with Crippen LogP contribution in [0.1, 0.15) is 63.5 Å². The number of nitrogens with zero attached hydrogens (tertiary/aromatic N) is 3. The van der Waals surface area contributed by atoms with Crippen molar-refractivity contribution in [3.8, 4) is 26.9 Å². The predicted octanol–water partition coefficient (Wildman–Crippen LogP) is 7.47. The molecule has 0 N–H and O–H groups in total. The Balaban J connectivity index is 1.37. The Hall–Kier alpha value is -3.02. The van der Waals surface area contributed by atoms with Crippen molar-refractivity contribution in [2.75, 3.05) is 19.6 Å². The van der Waals surface area contributed by atoms with Gasteiger partial charge >= 0.3 is 18.1 Å². The number of halogens is 4. The maximum absolute atomic E-state index is 12.3. The zero-order chi connectivity index (χ0) is 30.4. The molecule has 1 aromatic heterocycles. The summed E-state index contributed by atoms with van der Waals surface area (Å²) in [7, 11) is 0. The zero-order valence-electron chi connectivity index (χ0n) is 23.7. The van der Waals surface area contributed by atoms with Gasteiger partial charge in [-0.25, -0.2) is 4.79 Å². The molecule has 1 aliphatic rings. The van der Waals surface area contributed by atoms with E-state index in [1.54, 1.807) is 0 Å². The molecule has 0 amide bonds. The molecule has 0 aliphatic carbocycles. The molecule has 2 heterocycles. The second-order valence-electron chi connectivity index (χ2n) is 10.4. The Labute approximate surface area is 252 Å². The Bertz CT molecular complexity index is 1400. The Morgan fingerprint density at radius 1 is 1.12 bits per heavy atom. The van der Waals surface area contributed by atoms with Gasteiger partial charge in [-0.3, -0.25) is 4.79 Å². The summed E-state index contributed by atoms with van der Waals surface area (Å²) >= 11 is 7.96. The lowest BCUT2D eigenvalue weighted by molar-refractivity contribution is -0.201. The van der Waals surface area contributed by atoms with Crippen LogP contribution in [0.15, 0.2) is 36.4 Å². The third kappa shape index (κ3) is 8.08. The van der Waals surface area contributed by atoms with E-state index in [0.29, 0.717) is 29.7 Å². The van der Waals surface area contributed by atoms with Gasteiger partial charge < -0.3 is 14.4 Å². The van der Waals surface area contributed by atoms with Crippen LogP contribution in [0, 0.1) is 0 Å². The SMILES string of the molecule is CCc1c(-c2nnc(-c3ccc(OC(C)C)c(Cl)c3)s2)cccc1C1CCN(CCCC(=O)OC(=O)C(F)(F)F)CC1. The number of aromatic nitrogens is 2. The summed E-state index contributed by atoms with van der Waals surface area (Å²) in [6, 6.07) is 11.9. The van der Waals surface area contributed by atoms with Crippen molar-refractivity contribution < 1.29 is 32.2 Å². The minimum Gasteiger partial charge on any atom is -0.489 e. The number of rotatable bonds is 10. The van der Waals surface area contributed by atoms with E-state index >= 15 is 0 Å². The monoisotopic (exact) mass is 623 g/mol. The van der Waals surface area contributed by atoms with Crippen LogP contribution in [0.5, 0.6) is 5.75 Å². The van der Waals surface area contributed by atoms with Crippen molar-refractivity contribution in [1.29, 1.82) is 0 Å². The quantitative estimate of drug-likeness (QED) is 0.171. The highest BCUT2D eigenvalue weighted by Gasteiger charge is 2.42. The lowest BCUT2D eigenvalue weighted by Crippen LogP contribution is -2.34. The van der Waals surface area contributed by atoms with Crippen molar-refractivity contribution in [2.45, 2.75) is 71.1 Å². The summed E-state index contributed by atoms with van der Waals surface area (Å²) in [6.07, 6.45) is -2.40. The van der Waals surface area contributed by atoms with Crippen molar-refractivity contribution >= 4 is 34.9 Å². The minimum absolute atomic E-state index is 0.0203. The molecule has 0 spiro atoms. The predicted molar refractivity (Wildman–Crippen MR) is 156 cm³/mol. The van der Waals surface area contributed by atoms with E-state index in [1.807, 2.05) is 32.0 Å². The largest absolute Gasteiger partial charge is 0.491 e. The maximum atomic E-state index is 12.3. The van der Waals surface area contributed by atoms with Crippen molar-refractivity contribution in [3.05, 3.63) is 52.5 Å². The summed E-state index contributed by atoms with van der Waals surface area (Å²) in [5.74, 6) is -2.64. The molecule has 1 aliphatic heterocycles. The molecule has 0 atom stereocenters. The number of hydrogen-bond acceptors (Lipinski definition) is 8. The lowest BCUT2D eigenvalue weighted by atomic mass is 9.84. The fraction of sp³-hybridized carbons (Fsp3) is 0.467. The first kappa shape index (κ1) is 31.9. The van der Waals surface area contributed by atoms with Gasteiger partial charge in [0.15, 0.2) is 0 Å². The molecular weight excluding hydrogens is 591 g/mol. The standard InChI is InChI=1S/C30H33ClF3N3O4S/c1-4-21-22(19-12-15-37(16-13-19)14-6-9-26(38)41-29(39)30(32,33)34)7-5-8-23(21)28-36-35-27(42-28)20-10-11-25(24(31)17-20)40-18(2)3/h5,7-8,10-11,17-19H,4,6,9,12-16H2,1-3H3. The average Bonchev–Trinajstić information content (AvgIpc) is 3.43. The van der Waals surface area contributed by atoms with Crippen LogP contribution in [-0.4, -0.2) is 59.0 Å². The molecule has 2 aromatic carbocycles. The van der Waals surface area contributed by atoms with Crippen molar-refractivity contribution in [2.24, 2.45) is 0 Å². The fourth-order valence-corrected chi connectivity index (χ4v) is 6.26. The van der Waals surface area contributed by atoms with Gasteiger partial charge in [0, 0.05) is 17.5 Å². The van der Waals surface area contributed by atoms with Crippen molar-refractivity contribution in [3.63, 3.8) is 0 Å². The normalized spacial score (nSPS) is 14.8.